The fraction of sp³-hybridized carbons (Fsp3) is 0.231. The molecule has 1 unspecified atom stereocenters. The first-order valence-corrected chi connectivity index (χ1v) is 5.85. The van der Waals surface area contributed by atoms with Gasteiger partial charge in [-0.15, -0.1) is 0 Å². The molecule has 0 aliphatic heterocycles. The standard InChI is InChI=1S/C13H15N3O3/c14-13(17)16(18)12-7-6-11(8-12)15-19-9-10-4-2-1-3-5-10/h1-7,12,18H,8-9H2,(H2,14,17). The minimum Gasteiger partial charge on any atom is -0.391 e. The van der Waals surface area contributed by atoms with Gasteiger partial charge in [0.1, 0.15) is 6.61 Å². The molecular weight excluding hydrogens is 246 g/mol. The summed E-state index contributed by atoms with van der Waals surface area (Å²) in [7, 11) is 0. The van der Waals surface area contributed by atoms with Gasteiger partial charge < -0.3 is 10.6 Å². The number of rotatable bonds is 4. The molecule has 0 spiro atoms. The maximum absolute atomic E-state index is 10.8. The largest absolute Gasteiger partial charge is 0.391 e. The number of allylic oxidation sites excluding steroid dienone is 1. The highest BCUT2D eigenvalue weighted by Gasteiger charge is 2.23. The van der Waals surface area contributed by atoms with E-state index < -0.39 is 12.1 Å². The summed E-state index contributed by atoms with van der Waals surface area (Å²) < 4.78 is 0. The Morgan fingerprint density at radius 2 is 2.21 bits per heavy atom. The van der Waals surface area contributed by atoms with Gasteiger partial charge in [0.05, 0.1) is 11.8 Å². The Hall–Kier alpha value is -2.34. The van der Waals surface area contributed by atoms with Crippen molar-refractivity contribution in [2.24, 2.45) is 10.9 Å². The molecule has 100 valence electrons. The fourth-order valence-corrected chi connectivity index (χ4v) is 1.74. The van der Waals surface area contributed by atoms with Gasteiger partial charge in [-0.3, -0.25) is 5.21 Å². The van der Waals surface area contributed by atoms with Crippen LogP contribution in [0.3, 0.4) is 0 Å². The first kappa shape index (κ1) is 13.1. The van der Waals surface area contributed by atoms with Gasteiger partial charge in [0.15, 0.2) is 0 Å². The molecule has 1 aliphatic carbocycles. The lowest BCUT2D eigenvalue weighted by Crippen LogP contribution is -2.39. The third-order valence-corrected chi connectivity index (χ3v) is 2.72. The van der Waals surface area contributed by atoms with Crippen molar-refractivity contribution in [3.05, 3.63) is 48.0 Å². The van der Waals surface area contributed by atoms with E-state index in [4.69, 9.17) is 10.6 Å². The summed E-state index contributed by atoms with van der Waals surface area (Å²) in [6.45, 7) is 0.376. The number of carbonyl (C=O) groups is 1. The molecule has 0 radical (unpaired) electrons. The van der Waals surface area contributed by atoms with Crippen molar-refractivity contribution >= 4 is 11.7 Å². The number of benzene rings is 1. The summed E-state index contributed by atoms with van der Waals surface area (Å²) in [6.07, 6.45) is 3.73. The lowest BCUT2D eigenvalue weighted by molar-refractivity contribution is -0.0583. The highest BCUT2D eigenvalue weighted by atomic mass is 16.6. The molecule has 0 fully saturated rings. The van der Waals surface area contributed by atoms with Crippen molar-refractivity contribution in [1.82, 2.24) is 5.06 Å². The van der Waals surface area contributed by atoms with Crippen molar-refractivity contribution < 1.29 is 14.8 Å². The zero-order chi connectivity index (χ0) is 13.7. The van der Waals surface area contributed by atoms with Crippen LogP contribution in [0.5, 0.6) is 0 Å². The van der Waals surface area contributed by atoms with Gasteiger partial charge in [-0.05, 0) is 11.6 Å². The molecule has 0 saturated heterocycles. The van der Waals surface area contributed by atoms with Gasteiger partial charge in [-0.2, -0.15) is 5.06 Å². The fourth-order valence-electron chi connectivity index (χ4n) is 1.74. The van der Waals surface area contributed by atoms with Crippen molar-refractivity contribution in [3.8, 4) is 0 Å². The Labute approximate surface area is 110 Å². The number of hydrogen-bond donors (Lipinski definition) is 2. The zero-order valence-corrected chi connectivity index (χ0v) is 10.3. The van der Waals surface area contributed by atoms with E-state index in [0.717, 1.165) is 5.56 Å². The molecule has 0 heterocycles. The predicted octanol–water partition coefficient (Wildman–Crippen LogP) is 1.66. The number of urea groups is 1. The van der Waals surface area contributed by atoms with Gasteiger partial charge in [0.25, 0.3) is 0 Å². The van der Waals surface area contributed by atoms with Crippen LogP contribution in [0.15, 0.2) is 47.6 Å². The van der Waals surface area contributed by atoms with Gasteiger partial charge in [0.2, 0.25) is 0 Å². The van der Waals surface area contributed by atoms with Crippen LogP contribution >= 0.6 is 0 Å². The number of amides is 2. The Morgan fingerprint density at radius 1 is 1.47 bits per heavy atom. The minimum absolute atomic E-state index is 0.376. The minimum atomic E-state index is -0.888. The first-order valence-electron chi connectivity index (χ1n) is 5.85. The number of nitrogens with two attached hydrogens (primary N) is 1. The molecule has 19 heavy (non-hydrogen) atoms. The smallest absolute Gasteiger partial charge is 0.339 e. The number of hydrogen-bond acceptors (Lipinski definition) is 4. The van der Waals surface area contributed by atoms with Gasteiger partial charge in [-0.25, -0.2) is 4.79 Å². The van der Waals surface area contributed by atoms with Crippen LogP contribution in [0.1, 0.15) is 12.0 Å². The lowest BCUT2D eigenvalue weighted by atomic mass is 10.2. The molecule has 0 aromatic heterocycles. The maximum Gasteiger partial charge on any atom is 0.339 e. The predicted molar refractivity (Wildman–Crippen MR) is 69.4 cm³/mol. The molecule has 1 aliphatic rings. The second-order valence-electron chi connectivity index (χ2n) is 4.16. The van der Waals surface area contributed by atoms with Crippen LogP contribution in [0, 0.1) is 0 Å². The van der Waals surface area contributed by atoms with Crippen molar-refractivity contribution in [2.75, 3.05) is 0 Å². The second-order valence-corrected chi connectivity index (χ2v) is 4.16. The molecule has 1 aromatic rings. The molecule has 6 heteroatoms. The Kier molecular flexibility index (Phi) is 4.15. The van der Waals surface area contributed by atoms with E-state index in [9.17, 15) is 10.0 Å². The van der Waals surface area contributed by atoms with Crippen molar-refractivity contribution in [1.29, 1.82) is 0 Å². The summed E-state index contributed by atoms with van der Waals surface area (Å²) in [6, 6.07) is 8.30. The van der Waals surface area contributed by atoms with E-state index in [1.807, 2.05) is 30.3 Å². The SMILES string of the molecule is NC(=O)N(O)C1C=CC(=NOCc2ccccc2)C1. The summed E-state index contributed by atoms with van der Waals surface area (Å²) in [5.41, 5.74) is 6.64. The maximum atomic E-state index is 10.8. The second kappa shape index (κ2) is 6.01. The van der Waals surface area contributed by atoms with Gasteiger partial charge in [0, 0.05) is 6.42 Å². The molecule has 1 aromatic carbocycles. The van der Waals surface area contributed by atoms with E-state index in [1.54, 1.807) is 12.2 Å². The summed E-state index contributed by atoms with van der Waals surface area (Å²) in [5.74, 6) is 0. The Balaban J connectivity index is 1.83. The third kappa shape index (κ3) is 3.56. The van der Waals surface area contributed by atoms with Crippen molar-refractivity contribution in [2.45, 2.75) is 19.1 Å². The van der Waals surface area contributed by atoms with E-state index >= 15 is 0 Å². The van der Waals surface area contributed by atoms with Crippen LogP contribution < -0.4 is 5.73 Å². The summed E-state index contributed by atoms with van der Waals surface area (Å²) >= 11 is 0. The number of primary amides is 1. The van der Waals surface area contributed by atoms with Gasteiger partial charge >= 0.3 is 6.03 Å². The number of carbonyl (C=O) groups excluding carboxylic acids is 1. The third-order valence-electron chi connectivity index (χ3n) is 2.72. The number of hydroxylamine groups is 2. The molecule has 0 bridgehead atoms. The van der Waals surface area contributed by atoms with Crippen LogP contribution in [-0.4, -0.2) is 28.1 Å². The molecule has 1 atom stereocenters. The average molecular weight is 261 g/mol. The topological polar surface area (TPSA) is 88.2 Å². The molecule has 0 saturated carbocycles. The highest BCUT2D eigenvalue weighted by molar-refractivity contribution is 5.97. The average Bonchev–Trinajstić information content (AvgIpc) is 2.88. The van der Waals surface area contributed by atoms with E-state index in [1.165, 1.54) is 0 Å². The van der Waals surface area contributed by atoms with Crippen LogP contribution in [-0.2, 0) is 11.4 Å². The Bertz CT molecular complexity index is 499. The van der Waals surface area contributed by atoms with E-state index in [0.29, 0.717) is 23.8 Å². The number of oxime groups is 1. The molecule has 2 amide bonds. The molecule has 6 nitrogen and oxygen atoms in total. The number of nitrogens with zero attached hydrogens (tertiary/aromatic N) is 2. The van der Waals surface area contributed by atoms with Crippen LogP contribution in [0.2, 0.25) is 0 Å². The van der Waals surface area contributed by atoms with Crippen LogP contribution in [0.4, 0.5) is 4.79 Å². The monoisotopic (exact) mass is 261 g/mol. The summed E-state index contributed by atoms with van der Waals surface area (Å²) in [5, 5.41) is 13.8. The molecule has 3 N–H and O–H groups in total. The first-order chi connectivity index (χ1) is 9.16. The molecular formula is C13H15N3O3. The lowest BCUT2D eigenvalue weighted by Gasteiger charge is -2.17. The van der Waals surface area contributed by atoms with Crippen LogP contribution in [0.25, 0.3) is 0 Å². The van der Waals surface area contributed by atoms with Crippen molar-refractivity contribution in [3.63, 3.8) is 0 Å². The normalized spacial score (nSPS) is 19.6. The highest BCUT2D eigenvalue weighted by Crippen LogP contribution is 2.13. The zero-order valence-electron chi connectivity index (χ0n) is 10.3. The quantitative estimate of drug-likeness (QED) is 0.638. The van der Waals surface area contributed by atoms with E-state index in [-0.39, 0.29) is 0 Å². The Morgan fingerprint density at radius 3 is 2.89 bits per heavy atom. The van der Waals surface area contributed by atoms with Gasteiger partial charge in [-0.1, -0.05) is 41.6 Å². The van der Waals surface area contributed by atoms with E-state index in [2.05, 4.69) is 5.16 Å². The summed E-state index contributed by atoms with van der Waals surface area (Å²) in [4.78, 5) is 16.0. The molecule has 2 rings (SSSR count).